The second-order valence-corrected chi connectivity index (χ2v) is 12.9. The molecule has 1 unspecified atom stereocenters. The Labute approximate surface area is 283 Å². The SMILES string of the molecule is C[N+](C)(C)CCSC(CC(=O)OCC(F)(F)C(F)(F)C(F)(F)C(F)(F)C(F)(F)C(F)F)C(=O)OCC(F)(F)C(F)(F)C(F)(F)C(F)(F)C(F)(F)C(F)F. The van der Waals surface area contributed by atoms with Crippen LogP contribution in [-0.4, -0.2) is 140 Å². The van der Waals surface area contributed by atoms with Gasteiger partial charge in [0.25, 0.3) is 0 Å². The van der Waals surface area contributed by atoms with Crippen molar-refractivity contribution >= 4 is 23.7 Å². The van der Waals surface area contributed by atoms with Gasteiger partial charge in [0, 0.05) is 5.75 Å². The molecule has 0 aromatic carbocycles. The van der Waals surface area contributed by atoms with Gasteiger partial charge in [0.2, 0.25) is 0 Å². The minimum absolute atomic E-state index is 0.0720. The topological polar surface area (TPSA) is 52.6 Å². The second-order valence-electron chi connectivity index (χ2n) is 11.5. The number of hydrogen-bond acceptors (Lipinski definition) is 5. The molecule has 0 amide bonds. The summed E-state index contributed by atoms with van der Waals surface area (Å²) in [5.41, 5.74) is 0. The molecule has 0 saturated heterocycles. The van der Waals surface area contributed by atoms with E-state index in [4.69, 9.17) is 0 Å². The highest BCUT2D eigenvalue weighted by molar-refractivity contribution is 8.00. The Morgan fingerprint density at radius 3 is 1.15 bits per heavy atom. The van der Waals surface area contributed by atoms with Gasteiger partial charge < -0.3 is 14.0 Å². The Morgan fingerprint density at radius 1 is 0.528 bits per heavy atom. The summed E-state index contributed by atoms with van der Waals surface area (Å²) >= 11 is -0.0720. The zero-order valence-corrected chi connectivity index (χ0v) is 26.6. The zero-order valence-electron chi connectivity index (χ0n) is 25.8. The Bertz CT molecular complexity index is 1270. The lowest BCUT2D eigenvalue weighted by Crippen LogP contribution is -2.69. The van der Waals surface area contributed by atoms with Crippen LogP contribution in [0.1, 0.15) is 6.42 Å². The molecule has 0 fully saturated rings. The van der Waals surface area contributed by atoms with Crippen LogP contribution in [0.3, 0.4) is 0 Å². The molecule has 0 radical (unpaired) electrons. The normalized spacial score (nSPS) is 15.9. The predicted octanol–water partition coefficient (Wildman–Crippen LogP) is 8.15. The van der Waals surface area contributed by atoms with E-state index in [1.165, 1.54) is 21.1 Å². The third-order valence-corrected chi connectivity index (χ3v) is 7.57. The molecule has 0 saturated carbocycles. The molecule has 5 nitrogen and oxygen atoms in total. The lowest BCUT2D eigenvalue weighted by atomic mass is 9.94. The first kappa shape index (κ1) is 50.6. The van der Waals surface area contributed by atoms with Gasteiger partial charge in [-0.25, -0.2) is 17.6 Å². The highest BCUT2D eigenvalue weighted by Crippen LogP contribution is 2.59. The fraction of sp³-hybridized carbons (Fsp3) is 0.913. The number of nitrogens with zero attached hydrogens (tertiary/aromatic N) is 1. The third kappa shape index (κ3) is 9.52. The first-order valence-corrected chi connectivity index (χ1v) is 14.1. The Kier molecular flexibility index (Phi) is 14.9. The molecule has 0 aromatic heterocycles. The number of carbonyl (C=O) groups is 2. The van der Waals surface area contributed by atoms with Crippen LogP contribution in [0.25, 0.3) is 0 Å². The van der Waals surface area contributed by atoms with Gasteiger partial charge in [0.15, 0.2) is 13.2 Å². The van der Waals surface area contributed by atoms with Crippen LogP contribution < -0.4 is 0 Å². The molecule has 316 valence electrons. The summed E-state index contributed by atoms with van der Waals surface area (Å²) in [4.78, 5) is 24.3. The van der Waals surface area contributed by atoms with Crippen molar-refractivity contribution < 1.29 is 129 Å². The number of quaternary nitrogens is 1. The maximum absolute atomic E-state index is 14.0. The smallest absolute Gasteiger partial charge is 0.384 e. The van der Waals surface area contributed by atoms with E-state index in [9.17, 15) is 115 Å². The number of hydrogen-bond donors (Lipinski definition) is 0. The molecule has 0 rings (SSSR count). The number of thioether (sulfide) groups is 1. The molecule has 30 heteroatoms. The molecule has 1 atom stereocenters. The van der Waals surface area contributed by atoms with Crippen LogP contribution in [0.5, 0.6) is 0 Å². The lowest BCUT2D eigenvalue weighted by Gasteiger charge is -2.39. The van der Waals surface area contributed by atoms with Gasteiger partial charge in [-0.2, -0.15) is 87.8 Å². The van der Waals surface area contributed by atoms with Crippen molar-refractivity contribution in [2.45, 2.75) is 83.7 Å². The van der Waals surface area contributed by atoms with Crippen LogP contribution in [0.2, 0.25) is 0 Å². The standard InChI is InChI=1S/C23H22F24NO4S/c1-48(2,3)4-5-53-9(11(50)52-8-15(30,31)19(38,39)23(46,47)21(42,43)17(34,35)13(26)27)6-10(49)51-7-14(28,29)18(36,37)22(44,45)20(40,41)16(32,33)12(24)25/h9,12-13H,4-8H2,1-3H3/q+1. The van der Waals surface area contributed by atoms with Gasteiger partial charge in [-0.15, -0.1) is 11.8 Å². The minimum atomic E-state index is -8.07. The number of carbonyl (C=O) groups excluding carboxylic acids is 2. The van der Waals surface area contributed by atoms with E-state index < -0.39 is 115 Å². The van der Waals surface area contributed by atoms with E-state index in [2.05, 4.69) is 9.47 Å². The maximum Gasteiger partial charge on any atom is 0.384 e. The Balaban J connectivity index is 6.28. The van der Waals surface area contributed by atoms with Crippen molar-refractivity contribution in [3.05, 3.63) is 0 Å². The van der Waals surface area contributed by atoms with E-state index in [1.54, 1.807) is 0 Å². The summed E-state index contributed by atoms with van der Waals surface area (Å²) in [7, 11) is 4.12. The van der Waals surface area contributed by atoms with Crippen molar-refractivity contribution in [3.63, 3.8) is 0 Å². The summed E-state index contributed by atoms with van der Waals surface area (Å²) in [5, 5.41) is -2.65. The fourth-order valence-electron chi connectivity index (χ4n) is 3.04. The second kappa shape index (κ2) is 15.6. The Morgan fingerprint density at radius 2 is 0.849 bits per heavy atom. The fourth-order valence-corrected chi connectivity index (χ4v) is 4.44. The van der Waals surface area contributed by atoms with Crippen LogP contribution >= 0.6 is 11.8 Å². The predicted molar refractivity (Wildman–Crippen MR) is 127 cm³/mol. The van der Waals surface area contributed by atoms with Crippen molar-refractivity contribution in [3.8, 4) is 0 Å². The van der Waals surface area contributed by atoms with Gasteiger partial charge in [-0.1, -0.05) is 0 Å². The summed E-state index contributed by atoms with van der Waals surface area (Å²) in [6.45, 7) is -7.27. The van der Waals surface area contributed by atoms with Crippen LogP contribution in [-0.2, 0) is 19.1 Å². The average molecular weight is 864 g/mol. The van der Waals surface area contributed by atoms with E-state index in [0.29, 0.717) is 0 Å². The molecule has 0 aliphatic heterocycles. The molecule has 0 aliphatic rings. The molecule has 0 spiro atoms. The van der Waals surface area contributed by atoms with Crippen molar-refractivity contribution in [2.75, 3.05) is 46.7 Å². The van der Waals surface area contributed by atoms with Gasteiger partial charge in [-0.05, 0) is 0 Å². The summed E-state index contributed by atoms with van der Waals surface area (Å²) in [5.74, 6) is -81.8. The average Bonchev–Trinajstić information content (AvgIpc) is 2.96. The monoisotopic (exact) mass is 864 g/mol. The zero-order chi connectivity index (χ0) is 43.0. The summed E-state index contributed by atoms with van der Waals surface area (Å²) in [6.07, 6.45) is -13.7. The van der Waals surface area contributed by atoms with Gasteiger partial charge >= 0.3 is 84.0 Å². The summed E-state index contributed by atoms with van der Waals surface area (Å²) < 4.78 is 327. The number of rotatable bonds is 21. The largest absolute Gasteiger partial charge is 0.459 e. The Hall–Kier alpha value is -2.43. The van der Waals surface area contributed by atoms with E-state index in [1.807, 2.05) is 0 Å². The van der Waals surface area contributed by atoms with Gasteiger partial charge in [0.1, 0.15) is 5.25 Å². The number of alkyl halides is 24. The van der Waals surface area contributed by atoms with Crippen LogP contribution in [0, 0.1) is 0 Å². The molecule has 0 N–H and O–H groups in total. The minimum Gasteiger partial charge on any atom is -0.459 e. The molecular weight excluding hydrogens is 842 g/mol. The molecule has 53 heavy (non-hydrogen) atoms. The number of ether oxygens (including phenoxy) is 2. The third-order valence-electron chi connectivity index (χ3n) is 6.39. The van der Waals surface area contributed by atoms with Crippen molar-refractivity contribution in [1.82, 2.24) is 0 Å². The molecule has 0 aromatic rings. The van der Waals surface area contributed by atoms with Crippen LogP contribution in [0.4, 0.5) is 105 Å². The maximum atomic E-state index is 14.0. The highest BCUT2D eigenvalue weighted by atomic mass is 32.2. The lowest BCUT2D eigenvalue weighted by molar-refractivity contribution is -0.867. The van der Waals surface area contributed by atoms with Crippen molar-refractivity contribution in [2.24, 2.45) is 0 Å². The highest BCUT2D eigenvalue weighted by Gasteiger charge is 2.89. The summed E-state index contributed by atoms with van der Waals surface area (Å²) in [6, 6.07) is 0. The number of halogens is 24. The van der Waals surface area contributed by atoms with E-state index >= 15 is 0 Å². The molecule has 0 aliphatic carbocycles. The van der Waals surface area contributed by atoms with Gasteiger partial charge in [-0.3, -0.25) is 9.59 Å². The first-order valence-electron chi connectivity index (χ1n) is 13.1. The van der Waals surface area contributed by atoms with E-state index in [0.717, 1.165) is 0 Å². The quantitative estimate of drug-likeness (QED) is 0.0663. The van der Waals surface area contributed by atoms with E-state index in [-0.39, 0.29) is 22.8 Å². The number of esters is 2. The molecule has 0 bridgehead atoms. The first-order chi connectivity index (χ1) is 23.0. The van der Waals surface area contributed by atoms with Crippen LogP contribution in [0.15, 0.2) is 0 Å². The van der Waals surface area contributed by atoms with Crippen molar-refractivity contribution in [1.29, 1.82) is 0 Å². The van der Waals surface area contributed by atoms with Gasteiger partial charge in [0.05, 0.1) is 34.1 Å². The molecule has 0 heterocycles. The molecular formula is C23H22F24NO4S+.